The van der Waals surface area contributed by atoms with E-state index in [1.165, 1.54) is 85.0 Å². The zero-order valence-electron chi connectivity index (χ0n) is 26.5. The van der Waals surface area contributed by atoms with Crippen LogP contribution in [0, 0.1) is 0 Å². The van der Waals surface area contributed by atoms with E-state index in [9.17, 15) is 0 Å². The Morgan fingerprint density at radius 1 is 0.450 bits per heavy atom. The molecule has 2 nitrogen and oxygen atoms in total. The van der Waals surface area contributed by atoms with Gasteiger partial charge in [-0.3, -0.25) is 0 Å². The van der Waals surface area contributed by atoms with Gasteiger partial charge in [-0.25, -0.2) is 0 Å². The SMILES string of the molecule is CCCCCC(c1ccc(N(CC)CC)cc1)c1cccc(C(CCCCC)c2ccc(N(CC)CC)cc2)c1. The summed E-state index contributed by atoms with van der Waals surface area (Å²) in [4.78, 5) is 4.87. The highest BCUT2D eigenvalue weighted by molar-refractivity contribution is 5.51. The van der Waals surface area contributed by atoms with Crippen molar-refractivity contribution in [3.63, 3.8) is 0 Å². The summed E-state index contributed by atoms with van der Waals surface area (Å²) in [7, 11) is 0. The van der Waals surface area contributed by atoms with Gasteiger partial charge in [-0.2, -0.15) is 0 Å². The van der Waals surface area contributed by atoms with Crippen molar-refractivity contribution in [2.75, 3.05) is 36.0 Å². The molecule has 0 N–H and O–H groups in total. The van der Waals surface area contributed by atoms with Gasteiger partial charge in [0, 0.05) is 49.4 Å². The Hall–Kier alpha value is -2.74. The minimum absolute atomic E-state index is 0.443. The fourth-order valence-electron chi connectivity index (χ4n) is 6.25. The molecule has 2 unspecified atom stereocenters. The summed E-state index contributed by atoms with van der Waals surface area (Å²) in [5, 5.41) is 0. The first-order valence-corrected chi connectivity index (χ1v) is 16.4. The lowest BCUT2D eigenvalue weighted by molar-refractivity contribution is 0.609. The van der Waals surface area contributed by atoms with E-state index in [4.69, 9.17) is 0 Å². The van der Waals surface area contributed by atoms with Crippen molar-refractivity contribution in [2.24, 2.45) is 0 Å². The molecule has 0 spiro atoms. The highest BCUT2D eigenvalue weighted by Gasteiger charge is 2.19. The van der Waals surface area contributed by atoms with Crippen molar-refractivity contribution in [1.29, 1.82) is 0 Å². The Morgan fingerprint density at radius 2 is 0.825 bits per heavy atom. The van der Waals surface area contributed by atoms with Crippen LogP contribution in [0.4, 0.5) is 11.4 Å². The van der Waals surface area contributed by atoms with Crippen LogP contribution in [0.3, 0.4) is 0 Å². The minimum Gasteiger partial charge on any atom is -0.372 e. The number of benzene rings is 3. The lowest BCUT2D eigenvalue weighted by Crippen LogP contribution is -2.21. The maximum Gasteiger partial charge on any atom is 0.0366 e. The molecule has 3 rings (SSSR count). The average Bonchev–Trinajstić information content (AvgIpc) is 3.00. The quantitative estimate of drug-likeness (QED) is 0.148. The standard InChI is InChI=1S/C38H56N2/c1-7-13-15-20-37(31-22-26-35(27-23-31)39(9-3)10-4)33-18-17-19-34(30-33)38(21-16-14-8-2)32-24-28-36(29-25-32)40(11-5)12-6/h17-19,22-30,37-38H,7-16,20-21H2,1-6H3. The van der Waals surface area contributed by atoms with Gasteiger partial charge in [0.05, 0.1) is 0 Å². The molecule has 2 atom stereocenters. The van der Waals surface area contributed by atoms with Crippen molar-refractivity contribution in [1.82, 2.24) is 0 Å². The summed E-state index contributed by atoms with van der Waals surface area (Å²) in [5.74, 6) is 0.886. The van der Waals surface area contributed by atoms with Gasteiger partial charge in [-0.1, -0.05) is 101 Å². The van der Waals surface area contributed by atoms with E-state index in [1.807, 2.05) is 0 Å². The number of rotatable bonds is 18. The van der Waals surface area contributed by atoms with Gasteiger partial charge in [-0.15, -0.1) is 0 Å². The Morgan fingerprint density at radius 3 is 1.15 bits per heavy atom. The van der Waals surface area contributed by atoms with E-state index in [1.54, 1.807) is 0 Å². The molecule has 0 aliphatic rings. The van der Waals surface area contributed by atoms with Crippen LogP contribution in [0.15, 0.2) is 72.8 Å². The first kappa shape index (κ1) is 31.8. The number of hydrogen-bond acceptors (Lipinski definition) is 2. The minimum atomic E-state index is 0.443. The molecule has 0 fully saturated rings. The van der Waals surface area contributed by atoms with Gasteiger partial charge in [0.2, 0.25) is 0 Å². The van der Waals surface area contributed by atoms with E-state index < -0.39 is 0 Å². The third-order valence-corrected chi connectivity index (χ3v) is 8.76. The Kier molecular flexibility index (Phi) is 13.6. The molecule has 3 aromatic carbocycles. The molecule has 0 aliphatic heterocycles. The van der Waals surface area contributed by atoms with Gasteiger partial charge in [0.1, 0.15) is 0 Å². The summed E-state index contributed by atoms with van der Waals surface area (Å²) >= 11 is 0. The number of unbranched alkanes of at least 4 members (excludes halogenated alkanes) is 4. The summed E-state index contributed by atoms with van der Waals surface area (Å²) in [6, 6.07) is 28.5. The summed E-state index contributed by atoms with van der Waals surface area (Å²) in [5.41, 5.74) is 8.53. The third-order valence-electron chi connectivity index (χ3n) is 8.76. The Balaban J connectivity index is 1.96. The molecule has 0 bridgehead atoms. The highest BCUT2D eigenvalue weighted by atomic mass is 15.1. The van der Waals surface area contributed by atoms with Gasteiger partial charge >= 0.3 is 0 Å². The number of hydrogen-bond donors (Lipinski definition) is 0. The lowest BCUT2D eigenvalue weighted by Gasteiger charge is -2.25. The summed E-state index contributed by atoms with van der Waals surface area (Å²) in [6.45, 7) is 17.8. The predicted molar refractivity (Wildman–Crippen MR) is 178 cm³/mol. The first-order valence-electron chi connectivity index (χ1n) is 16.4. The van der Waals surface area contributed by atoms with Crippen LogP contribution in [0.2, 0.25) is 0 Å². The van der Waals surface area contributed by atoms with Crippen molar-refractivity contribution < 1.29 is 0 Å². The zero-order chi connectivity index (χ0) is 28.7. The van der Waals surface area contributed by atoms with Crippen LogP contribution < -0.4 is 9.80 Å². The Labute approximate surface area is 246 Å². The molecule has 0 radical (unpaired) electrons. The van der Waals surface area contributed by atoms with E-state index in [-0.39, 0.29) is 0 Å². The molecule has 0 heterocycles. The third kappa shape index (κ3) is 8.63. The molecule has 0 aliphatic carbocycles. The van der Waals surface area contributed by atoms with Crippen LogP contribution >= 0.6 is 0 Å². The Bertz CT molecular complexity index is 992. The normalized spacial score (nSPS) is 12.8. The number of nitrogens with zero attached hydrogens (tertiary/aromatic N) is 2. The van der Waals surface area contributed by atoms with Gasteiger partial charge in [-0.05, 0) is 87.1 Å². The van der Waals surface area contributed by atoms with E-state index in [2.05, 4.69) is 124 Å². The highest BCUT2D eigenvalue weighted by Crippen LogP contribution is 2.36. The maximum atomic E-state index is 2.55. The second kappa shape index (κ2) is 17.2. The maximum absolute atomic E-state index is 2.55. The van der Waals surface area contributed by atoms with Crippen LogP contribution in [0.25, 0.3) is 0 Å². The largest absolute Gasteiger partial charge is 0.372 e. The molecule has 40 heavy (non-hydrogen) atoms. The monoisotopic (exact) mass is 540 g/mol. The summed E-state index contributed by atoms with van der Waals surface area (Å²) < 4.78 is 0. The fraction of sp³-hybridized carbons (Fsp3) is 0.526. The van der Waals surface area contributed by atoms with E-state index in [0.29, 0.717) is 11.8 Å². The van der Waals surface area contributed by atoms with Crippen LogP contribution in [-0.2, 0) is 0 Å². The topological polar surface area (TPSA) is 6.48 Å². The molecule has 2 heteroatoms. The molecule has 3 aromatic rings. The van der Waals surface area contributed by atoms with Crippen LogP contribution in [0.5, 0.6) is 0 Å². The molecule has 0 saturated heterocycles. The first-order chi connectivity index (χ1) is 19.6. The van der Waals surface area contributed by atoms with Crippen molar-refractivity contribution in [2.45, 2.75) is 105 Å². The van der Waals surface area contributed by atoms with E-state index in [0.717, 1.165) is 26.2 Å². The van der Waals surface area contributed by atoms with Gasteiger partial charge in [0.15, 0.2) is 0 Å². The zero-order valence-corrected chi connectivity index (χ0v) is 26.5. The summed E-state index contributed by atoms with van der Waals surface area (Å²) in [6.07, 6.45) is 10.1. The van der Waals surface area contributed by atoms with Gasteiger partial charge in [0.25, 0.3) is 0 Å². The molecular formula is C38H56N2. The van der Waals surface area contributed by atoms with E-state index >= 15 is 0 Å². The molecule has 218 valence electrons. The lowest BCUT2D eigenvalue weighted by atomic mass is 9.82. The van der Waals surface area contributed by atoms with Crippen molar-refractivity contribution in [3.8, 4) is 0 Å². The number of anilines is 2. The van der Waals surface area contributed by atoms with Crippen LogP contribution in [0.1, 0.15) is 127 Å². The van der Waals surface area contributed by atoms with Crippen molar-refractivity contribution >= 4 is 11.4 Å². The molecule has 0 aromatic heterocycles. The predicted octanol–water partition coefficient (Wildman–Crippen LogP) is 10.8. The second-order valence-corrected chi connectivity index (χ2v) is 11.3. The smallest absolute Gasteiger partial charge is 0.0366 e. The van der Waals surface area contributed by atoms with Crippen molar-refractivity contribution in [3.05, 3.63) is 95.1 Å². The molecule has 0 amide bonds. The average molecular weight is 541 g/mol. The second-order valence-electron chi connectivity index (χ2n) is 11.3. The van der Waals surface area contributed by atoms with Gasteiger partial charge < -0.3 is 9.80 Å². The fourth-order valence-corrected chi connectivity index (χ4v) is 6.25. The molecule has 0 saturated carbocycles. The molecular weight excluding hydrogens is 484 g/mol. The van der Waals surface area contributed by atoms with Crippen LogP contribution in [-0.4, -0.2) is 26.2 Å².